The second kappa shape index (κ2) is 4.22. The molecule has 86 valence electrons. The molecule has 0 aliphatic rings. The van der Waals surface area contributed by atoms with Crippen LogP contribution in [0.3, 0.4) is 0 Å². The average molecular weight is 200 g/mol. The number of rotatable bonds is 2. The van der Waals surface area contributed by atoms with E-state index in [0.717, 1.165) is 0 Å². The van der Waals surface area contributed by atoms with E-state index in [-0.39, 0.29) is 16.9 Å². The predicted octanol–water partition coefficient (Wildman–Crippen LogP) is 3.71. The Kier molecular flexibility index (Phi) is 4.21. The average Bonchev–Trinajstić information content (AvgIpc) is 1.97. The fourth-order valence-corrected chi connectivity index (χ4v) is 1.46. The minimum atomic E-state index is -0.213. The zero-order chi connectivity index (χ0) is 11.7. The van der Waals surface area contributed by atoms with Gasteiger partial charge in [0.05, 0.1) is 6.10 Å². The summed E-state index contributed by atoms with van der Waals surface area (Å²) in [5.74, 6) is 0.661. The third-order valence-corrected chi connectivity index (χ3v) is 3.76. The van der Waals surface area contributed by atoms with Crippen molar-refractivity contribution in [2.24, 2.45) is 22.7 Å². The van der Waals surface area contributed by atoms with Gasteiger partial charge in [0, 0.05) is 0 Å². The van der Waals surface area contributed by atoms with Crippen molar-refractivity contribution in [1.82, 2.24) is 0 Å². The fourth-order valence-electron chi connectivity index (χ4n) is 1.46. The van der Waals surface area contributed by atoms with Gasteiger partial charge in [-0.15, -0.1) is 0 Å². The van der Waals surface area contributed by atoms with Crippen LogP contribution in [0.5, 0.6) is 0 Å². The lowest BCUT2D eigenvalue weighted by Crippen LogP contribution is -2.39. The topological polar surface area (TPSA) is 20.2 Å². The zero-order valence-electron chi connectivity index (χ0n) is 11.2. The van der Waals surface area contributed by atoms with Crippen LogP contribution in [-0.4, -0.2) is 11.2 Å². The molecule has 0 aromatic rings. The van der Waals surface area contributed by atoms with E-state index >= 15 is 0 Å². The van der Waals surface area contributed by atoms with Crippen LogP contribution in [-0.2, 0) is 0 Å². The van der Waals surface area contributed by atoms with Gasteiger partial charge in [-0.25, -0.2) is 0 Å². The van der Waals surface area contributed by atoms with E-state index < -0.39 is 0 Å². The van der Waals surface area contributed by atoms with Gasteiger partial charge in [0.25, 0.3) is 0 Å². The molecule has 0 aromatic heterocycles. The minimum Gasteiger partial charge on any atom is -0.393 e. The first-order valence-corrected chi connectivity index (χ1v) is 5.66. The van der Waals surface area contributed by atoms with Crippen molar-refractivity contribution in [3.63, 3.8) is 0 Å². The molecular formula is C13H28O. The standard InChI is InChI=1S/C13H28O/c1-9(12(3,4)5)11(14)10(2)13(6,7)8/h9-11,14H,1-8H3/t9-,10?,11-/m1/s1. The van der Waals surface area contributed by atoms with Gasteiger partial charge in [0.1, 0.15) is 0 Å². The summed E-state index contributed by atoms with van der Waals surface area (Å²) in [5, 5.41) is 10.3. The highest BCUT2D eigenvalue weighted by atomic mass is 16.3. The molecule has 3 atom stereocenters. The van der Waals surface area contributed by atoms with Crippen molar-refractivity contribution < 1.29 is 5.11 Å². The molecule has 1 unspecified atom stereocenters. The third-order valence-electron chi connectivity index (χ3n) is 3.76. The second-order valence-electron chi connectivity index (χ2n) is 6.80. The van der Waals surface area contributed by atoms with Crippen LogP contribution in [0.4, 0.5) is 0 Å². The minimum absolute atomic E-state index is 0.179. The third kappa shape index (κ3) is 3.61. The predicted molar refractivity (Wildman–Crippen MR) is 63.2 cm³/mol. The Labute approximate surface area is 89.9 Å². The van der Waals surface area contributed by atoms with Crippen molar-refractivity contribution in [1.29, 1.82) is 0 Å². The Morgan fingerprint density at radius 3 is 1.07 bits per heavy atom. The number of aliphatic hydroxyl groups excluding tert-OH is 1. The fraction of sp³-hybridized carbons (Fsp3) is 1.00. The van der Waals surface area contributed by atoms with Gasteiger partial charge in [-0.05, 0) is 22.7 Å². The maximum absolute atomic E-state index is 10.3. The molecule has 0 aromatic carbocycles. The number of hydrogen-bond donors (Lipinski definition) is 1. The van der Waals surface area contributed by atoms with Gasteiger partial charge in [-0.2, -0.15) is 0 Å². The maximum atomic E-state index is 10.3. The SMILES string of the molecule is CC([C@H](O)[C@@H](C)C(C)(C)C)C(C)(C)C. The molecule has 0 saturated heterocycles. The molecule has 0 aliphatic carbocycles. The van der Waals surface area contributed by atoms with Crippen molar-refractivity contribution in [3.05, 3.63) is 0 Å². The molecule has 0 saturated carbocycles. The highest BCUT2D eigenvalue weighted by Gasteiger charge is 2.35. The molecule has 0 aliphatic heterocycles. The largest absolute Gasteiger partial charge is 0.393 e. The van der Waals surface area contributed by atoms with Gasteiger partial charge in [0.15, 0.2) is 0 Å². The van der Waals surface area contributed by atoms with Gasteiger partial charge >= 0.3 is 0 Å². The Bertz CT molecular complexity index is 151. The lowest BCUT2D eigenvalue weighted by Gasteiger charge is -2.39. The van der Waals surface area contributed by atoms with Gasteiger partial charge in [-0.3, -0.25) is 0 Å². The van der Waals surface area contributed by atoms with Crippen LogP contribution in [0.2, 0.25) is 0 Å². The molecule has 1 N–H and O–H groups in total. The van der Waals surface area contributed by atoms with Crippen molar-refractivity contribution >= 4 is 0 Å². The van der Waals surface area contributed by atoms with Crippen molar-refractivity contribution in [3.8, 4) is 0 Å². The first-order chi connectivity index (χ1) is 5.98. The summed E-state index contributed by atoms with van der Waals surface area (Å²) in [4.78, 5) is 0. The quantitative estimate of drug-likeness (QED) is 0.720. The monoisotopic (exact) mass is 200 g/mol. The Hall–Kier alpha value is -0.0400. The van der Waals surface area contributed by atoms with Gasteiger partial charge in [0.2, 0.25) is 0 Å². The lowest BCUT2D eigenvalue weighted by atomic mass is 9.69. The van der Waals surface area contributed by atoms with Crippen LogP contribution < -0.4 is 0 Å². The van der Waals surface area contributed by atoms with Gasteiger partial charge in [-0.1, -0.05) is 55.4 Å². The molecule has 0 fully saturated rings. The molecule has 0 bridgehead atoms. The molecule has 1 nitrogen and oxygen atoms in total. The van der Waals surface area contributed by atoms with Crippen molar-refractivity contribution in [2.45, 2.75) is 61.5 Å². The molecule has 14 heavy (non-hydrogen) atoms. The van der Waals surface area contributed by atoms with Crippen LogP contribution in [0.15, 0.2) is 0 Å². The molecule has 0 spiro atoms. The summed E-state index contributed by atoms with van der Waals surface area (Å²) in [6.07, 6.45) is -0.213. The highest BCUT2D eigenvalue weighted by Crippen LogP contribution is 2.37. The van der Waals surface area contributed by atoms with E-state index in [4.69, 9.17) is 0 Å². The summed E-state index contributed by atoms with van der Waals surface area (Å²) in [6.45, 7) is 17.4. The second-order valence-corrected chi connectivity index (χ2v) is 6.80. The maximum Gasteiger partial charge on any atom is 0.0601 e. The van der Waals surface area contributed by atoms with E-state index in [1.165, 1.54) is 0 Å². The summed E-state index contributed by atoms with van der Waals surface area (Å²) in [5.41, 5.74) is 0.359. The molecule has 0 heterocycles. The van der Waals surface area contributed by atoms with Crippen molar-refractivity contribution in [2.75, 3.05) is 0 Å². The molecule has 1 heteroatoms. The zero-order valence-corrected chi connectivity index (χ0v) is 11.2. The molecular weight excluding hydrogens is 172 g/mol. The van der Waals surface area contributed by atoms with Crippen LogP contribution in [0, 0.1) is 22.7 Å². The Morgan fingerprint density at radius 1 is 0.714 bits per heavy atom. The summed E-state index contributed by atoms with van der Waals surface area (Å²) in [7, 11) is 0. The molecule has 0 radical (unpaired) electrons. The van der Waals surface area contributed by atoms with Crippen LogP contribution in [0.1, 0.15) is 55.4 Å². The lowest BCUT2D eigenvalue weighted by molar-refractivity contribution is -0.0215. The Balaban J connectivity index is 4.56. The molecule has 0 amide bonds. The van der Waals surface area contributed by atoms with E-state index in [2.05, 4.69) is 55.4 Å². The first-order valence-electron chi connectivity index (χ1n) is 5.66. The van der Waals surface area contributed by atoms with E-state index in [1.807, 2.05) is 0 Å². The normalized spacial score (nSPS) is 20.4. The molecule has 0 rings (SSSR count). The van der Waals surface area contributed by atoms with Crippen LogP contribution in [0.25, 0.3) is 0 Å². The summed E-state index contributed by atoms with van der Waals surface area (Å²) < 4.78 is 0. The van der Waals surface area contributed by atoms with Crippen LogP contribution >= 0.6 is 0 Å². The Morgan fingerprint density at radius 2 is 0.929 bits per heavy atom. The van der Waals surface area contributed by atoms with Gasteiger partial charge < -0.3 is 5.11 Å². The highest BCUT2D eigenvalue weighted by molar-refractivity contribution is 4.84. The number of hydrogen-bond acceptors (Lipinski definition) is 1. The van der Waals surface area contributed by atoms with E-state index in [0.29, 0.717) is 11.8 Å². The van der Waals surface area contributed by atoms with E-state index in [1.54, 1.807) is 0 Å². The number of aliphatic hydroxyl groups is 1. The first kappa shape index (κ1) is 14.0. The van der Waals surface area contributed by atoms with E-state index in [9.17, 15) is 5.11 Å². The smallest absolute Gasteiger partial charge is 0.0601 e. The summed E-state index contributed by atoms with van der Waals surface area (Å²) >= 11 is 0. The summed E-state index contributed by atoms with van der Waals surface area (Å²) in [6, 6.07) is 0.